The van der Waals surface area contributed by atoms with E-state index >= 15 is 0 Å². The van der Waals surface area contributed by atoms with Gasteiger partial charge in [-0.1, -0.05) is 27.2 Å². The Labute approximate surface area is 135 Å². The average Bonchev–Trinajstić information content (AvgIpc) is 2.34. The largest absolute Gasteiger partial charge is 0.413 e. The van der Waals surface area contributed by atoms with Crippen molar-refractivity contribution in [2.24, 2.45) is 11.8 Å². The summed E-state index contributed by atoms with van der Waals surface area (Å²) in [6.45, 7) is 13.0. The molecule has 0 radical (unpaired) electrons. The third-order valence-corrected chi connectivity index (χ3v) is 10.4. The molecular weight excluding hydrogens is 294 g/mol. The number of carbonyl (C=O) groups excluding carboxylic acids is 2. The molecule has 4 atom stereocenters. The van der Waals surface area contributed by atoms with Gasteiger partial charge in [-0.3, -0.25) is 9.59 Å². The summed E-state index contributed by atoms with van der Waals surface area (Å²) in [5.74, 6) is 0.207. The second-order valence-corrected chi connectivity index (χ2v) is 13.2. The van der Waals surface area contributed by atoms with Crippen LogP contribution in [0.4, 0.5) is 0 Å². The van der Waals surface area contributed by atoms with Gasteiger partial charge in [-0.2, -0.15) is 0 Å². The van der Waals surface area contributed by atoms with Crippen molar-refractivity contribution in [3.8, 4) is 0 Å². The van der Waals surface area contributed by atoms with Gasteiger partial charge in [-0.15, -0.1) is 0 Å². The summed E-state index contributed by atoms with van der Waals surface area (Å²) < 4.78 is 6.40. The zero-order valence-electron chi connectivity index (χ0n) is 14.9. The molecule has 22 heavy (non-hydrogen) atoms. The third kappa shape index (κ3) is 3.30. The number of nitrogens with one attached hydrogen (secondary N) is 1. The lowest BCUT2D eigenvalue weighted by Gasteiger charge is -2.48. The highest BCUT2D eigenvalue weighted by Crippen LogP contribution is 2.40. The number of hydrogen-bond acceptors (Lipinski definition) is 3. The molecule has 1 aliphatic carbocycles. The van der Waals surface area contributed by atoms with Crippen molar-refractivity contribution < 1.29 is 14.0 Å². The van der Waals surface area contributed by atoms with Crippen LogP contribution >= 0.6 is 0 Å². The summed E-state index contributed by atoms with van der Waals surface area (Å²) in [7, 11) is -1.90. The predicted octanol–water partition coefficient (Wildman–Crippen LogP) is 3.27. The summed E-state index contributed by atoms with van der Waals surface area (Å²) in [5.41, 5.74) is 0. The fourth-order valence-corrected chi connectivity index (χ4v) is 4.81. The Morgan fingerprint density at radius 1 is 1.23 bits per heavy atom. The molecular formula is C17H31NO3Si. The second-order valence-electron chi connectivity index (χ2n) is 8.46. The number of amides is 1. The molecule has 5 heteroatoms. The Morgan fingerprint density at radius 3 is 2.36 bits per heavy atom. The molecule has 0 bridgehead atoms. The number of rotatable bonds is 4. The second kappa shape index (κ2) is 6.08. The lowest BCUT2D eigenvalue weighted by atomic mass is 9.72. The fourth-order valence-electron chi connectivity index (χ4n) is 3.38. The van der Waals surface area contributed by atoms with Gasteiger partial charge in [0.25, 0.3) is 0 Å². The SMILES string of the molecule is C[C@@H](O[Si](C)(C)C(C)(C)C)[C@H]1C(=O)N[C@H]1C1CCCCC1=O. The van der Waals surface area contributed by atoms with Crippen molar-refractivity contribution >= 4 is 20.0 Å². The van der Waals surface area contributed by atoms with Crippen LogP contribution in [-0.2, 0) is 14.0 Å². The molecule has 0 spiro atoms. The van der Waals surface area contributed by atoms with Crippen molar-refractivity contribution in [2.45, 2.75) is 83.7 Å². The highest BCUT2D eigenvalue weighted by Gasteiger charge is 2.51. The molecule has 1 aliphatic heterocycles. The molecule has 1 unspecified atom stereocenters. The standard InChI is InChI=1S/C17H31NO3Si/c1-11(21-22(5,6)17(2,3)4)14-15(18-16(14)20)12-9-7-8-10-13(12)19/h11-12,14-15H,7-10H2,1-6H3,(H,18,20)/t11-,12?,14-,15+/m1/s1. The van der Waals surface area contributed by atoms with E-state index in [0.29, 0.717) is 12.2 Å². The lowest BCUT2D eigenvalue weighted by Crippen LogP contribution is -2.67. The summed E-state index contributed by atoms with van der Waals surface area (Å²) in [6, 6.07) is -0.0138. The topological polar surface area (TPSA) is 55.4 Å². The maximum Gasteiger partial charge on any atom is 0.228 e. The van der Waals surface area contributed by atoms with Gasteiger partial charge in [0.15, 0.2) is 8.32 Å². The first-order valence-electron chi connectivity index (χ1n) is 8.55. The maximum atomic E-state index is 12.2. The number of Topliss-reactive ketones (excluding diaryl/α,β-unsaturated/α-hetero) is 1. The molecule has 1 heterocycles. The van der Waals surface area contributed by atoms with Gasteiger partial charge >= 0.3 is 0 Å². The van der Waals surface area contributed by atoms with Gasteiger partial charge in [0.2, 0.25) is 5.91 Å². The van der Waals surface area contributed by atoms with Gasteiger partial charge in [0.05, 0.1) is 18.1 Å². The van der Waals surface area contributed by atoms with E-state index in [0.717, 1.165) is 19.3 Å². The van der Waals surface area contributed by atoms with E-state index in [1.54, 1.807) is 0 Å². The summed E-state index contributed by atoms with van der Waals surface area (Å²) in [4.78, 5) is 24.2. The van der Waals surface area contributed by atoms with Crippen LogP contribution in [0.15, 0.2) is 0 Å². The lowest BCUT2D eigenvalue weighted by molar-refractivity contribution is -0.145. The van der Waals surface area contributed by atoms with Gasteiger partial charge in [0, 0.05) is 12.3 Å². The van der Waals surface area contributed by atoms with Gasteiger partial charge in [0.1, 0.15) is 5.78 Å². The monoisotopic (exact) mass is 325 g/mol. The van der Waals surface area contributed by atoms with E-state index in [9.17, 15) is 9.59 Å². The Kier molecular flexibility index (Phi) is 4.88. The smallest absolute Gasteiger partial charge is 0.228 e. The van der Waals surface area contributed by atoms with Crippen molar-refractivity contribution in [1.82, 2.24) is 5.32 Å². The molecule has 1 saturated heterocycles. The van der Waals surface area contributed by atoms with Crippen molar-refractivity contribution in [3.63, 3.8) is 0 Å². The number of hydrogen-bond donors (Lipinski definition) is 1. The summed E-state index contributed by atoms with van der Waals surface area (Å²) in [6.07, 6.45) is 3.55. The van der Waals surface area contributed by atoms with Crippen LogP contribution in [0.3, 0.4) is 0 Å². The van der Waals surface area contributed by atoms with Gasteiger partial charge in [-0.05, 0) is 37.9 Å². The molecule has 2 aliphatic rings. The summed E-state index contributed by atoms with van der Waals surface area (Å²) in [5, 5.41) is 3.10. The van der Waals surface area contributed by atoms with E-state index < -0.39 is 8.32 Å². The highest BCUT2D eigenvalue weighted by atomic mass is 28.4. The Hall–Kier alpha value is -0.683. The number of carbonyl (C=O) groups is 2. The average molecular weight is 326 g/mol. The first-order chi connectivity index (χ1) is 10.0. The van der Waals surface area contributed by atoms with Crippen molar-refractivity contribution in [1.29, 1.82) is 0 Å². The molecule has 1 amide bonds. The van der Waals surface area contributed by atoms with Crippen LogP contribution < -0.4 is 5.32 Å². The first kappa shape index (κ1) is 17.7. The van der Waals surface area contributed by atoms with Crippen LogP contribution in [-0.4, -0.2) is 32.2 Å². The van der Waals surface area contributed by atoms with Crippen LogP contribution in [0, 0.1) is 11.8 Å². The zero-order valence-corrected chi connectivity index (χ0v) is 15.9. The number of β-lactam (4-membered cyclic amide) rings is 1. The van der Waals surface area contributed by atoms with Crippen LogP contribution in [0.5, 0.6) is 0 Å². The molecule has 1 N–H and O–H groups in total. The minimum Gasteiger partial charge on any atom is -0.413 e. The van der Waals surface area contributed by atoms with Gasteiger partial charge in [-0.25, -0.2) is 0 Å². The number of ketones is 1. The minimum absolute atomic E-state index is 0.00177. The third-order valence-electron chi connectivity index (χ3n) is 5.83. The molecule has 126 valence electrons. The van der Waals surface area contributed by atoms with E-state index in [4.69, 9.17) is 4.43 Å². The highest BCUT2D eigenvalue weighted by molar-refractivity contribution is 6.74. The Morgan fingerprint density at radius 2 is 1.86 bits per heavy atom. The normalized spacial score (nSPS) is 31.5. The van der Waals surface area contributed by atoms with Crippen molar-refractivity contribution in [3.05, 3.63) is 0 Å². The molecule has 2 rings (SSSR count). The minimum atomic E-state index is -1.90. The predicted molar refractivity (Wildman–Crippen MR) is 90.1 cm³/mol. The molecule has 1 saturated carbocycles. The summed E-state index contributed by atoms with van der Waals surface area (Å²) >= 11 is 0. The zero-order chi connectivity index (χ0) is 16.7. The first-order valence-corrected chi connectivity index (χ1v) is 11.5. The fraction of sp³-hybridized carbons (Fsp3) is 0.882. The van der Waals surface area contributed by atoms with Crippen LogP contribution in [0.1, 0.15) is 53.4 Å². The van der Waals surface area contributed by atoms with Crippen LogP contribution in [0.25, 0.3) is 0 Å². The van der Waals surface area contributed by atoms with Crippen LogP contribution in [0.2, 0.25) is 18.1 Å². The van der Waals surface area contributed by atoms with E-state index in [-0.39, 0.29) is 34.9 Å². The molecule has 0 aromatic heterocycles. The molecule has 2 fully saturated rings. The Balaban J connectivity index is 2.06. The van der Waals surface area contributed by atoms with E-state index in [1.807, 2.05) is 6.92 Å². The molecule has 0 aromatic rings. The van der Waals surface area contributed by atoms with E-state index in [2.05, 4.69) is 39.2 Å². The van der Waals surface area contributed by atoms with Gasteiger partial charge < -0.3 is 9.74 Å². The molecule has 0 aromatic carbocycles. The Bertz CT molecular complexity index is 455. The maximum absolute atomic E-state index is 12.2. The van der Waals surface area contributed by atoms with Crippen molar-refractivity contribution in [2.75, 3.05) is 0 Å². The molecule has 4 nitrogen and oxygen atoms in total. The van der Waals surface area contributed by atoms with E-state index in [1.165, 1.54) is 0 Å². The quantitative estimate of drug-likeness (QED) is 0.637.